The number of carbonyl (C=O) groups is 2. The fourth-order valence-corrected chi connectivity index (χ4v) is 2.81. The Bertz CT molecular complexity index is 1110. The summed E-state index contributed by atoms with van der Waals surface area (Å²) >= 11 is 0. The maximum Gasteiger partial charge on any atom is 0.237 e. The molecule has 0 aliphatic heterocycles. The van der Waals surface area contributed by atoms with Crippen molar-refractivity contribution in [2.75, 3.05) is 17.7 Å². The molecule has 1 unspecified atom stereocenters. The predicted molar refractivity (Wildman–Crippen MR) is 118 cm³/mol. The molecule has 0 bridgehead atoms. The first-order chi connectivity index (χ1) is 15.3. The molecule has 2 amide bonds. The van der Waals surface area contributed by atoms with Gasteiger partial charge in [0.2, 0.25) is 17.7 Å². The van der Waals surface area contributed by atoms with E-state index < -0.39 is 5.92 Å². The highest BCUT2D eigenvalue weighted by Crippen LogP contribution is 2.23. The molecule has 0 aliphatic rings. The first-order valence-electron chi connectivity index (χ1n) is 10.2. The summed E-state index contributed by atoms with van der Waals surface area (Å²) < 4.78 is 10.8. The number of hydrogen-bond acceptors (Lipinski definition) is 8. The minimum Gasteiger partial charge on any atom is -0.480 e. The lowest BCUT2D eigenvalue weighted by Gasteiger charge is -2.14. The van der Waals surface area contributed by atoms with Crippen molar-refractivity contribution in [2.24, 2.45) is 11.8 Å². The van der Waals surface area contributed by atoms with Crippen molar-refractivity contribution in [3.05, 3.63) is 42.3 Å². The number of nitrogens with one attached hydrogen (secondary N) is 2. The van der Waals surface area contributed by atoms with Gasteiger partial charge in [-0.25, -0.2) is 9.97 Å². The molecule has 32 heavy (non-hydrogen) atoms. The zero-order chi connectivity index (χ0) is 23.3. The van der Waals surface area contributed by atoms with Gasteiger partial charge in [0.15, 0.2) is 17.5 Å². The van der Waals surface area contributed by atoms with E-state index in [1.165, 1.54) is 13.3 Å². The molecule has 3 aromatic rings. The van der Waals surface area contributed by atoms with Crippen LogP contribution in [-0.4, -0.2) is 38.9 Å². The number of ether oxygens (including phenoxy) is 1. The second-order valence-corrected chi connectivity index (χ2v) is 7.62. The molecule has 0 aliphatic carbocycles. The summed E-state index contributed by atoms with van der Waals surface area (Å²) in [7, 11) is 1.47. The average Bonchev–Trinajstić information content (AvgIpc) is 3.21. The Morgan fingerprint density at radius 1 is 1.06 bits per heavy atom. The Morgan fingerprint density at radius 3 is 2.47 bits per heavy atom. The van der Waals surface area contributed by atoms with Crippen molar-refractivity contribution in [3.63, 3.8) is 0 Å². The average molecular weight is 438 g/mol. The summed E-state index contributed by atoms with van der Waals surface area (Å²) in [6, 6.07) is 3.50. The number of oxazole rings is 1. The predicted octanol–water partition coefficient (Wildman–Crippen LogP) is 3.26. The quantitative estimate of drug-likeness (QED) is 0.548. The van der Waals surface area contributed by atoms with Crippen molar-refractivity contribution in [2.45, 2.75) is 34.1 Å². The summed E-state index contributed by atoms with van der Waals surface area (Å²) in [5, 5.41) is 5.49. The first-order valence-corrected chi connectivity index (χ1v) is 10.2. The van der Waals surface area contributed by atoms with E-state index in [1.54, 1.807) is 52.2 Å². The molecule has 168 valence electrons. The Morgan fingerprint density at radius 2 is 1.81 bits per heavy atom. The third kappa shape index (κ3) is 5.65. The summed E-state index contributed by atoms with van der Waals surface area (Å²) in [5.41, 5.74) is 1.27. The zero-order valence-corrected chi connectivity index (χ0v) is 18.7. The second-order valence-electron chi connectivity index (χ2n) is 7.62. The number of hydrogen-bond donors (Lipinski definition) is 2. The van der Waals surface area contributed by atoms with Crippen molar-refractivity contribution in [3.8, 4) is 17.2 Å². The van der Waals surface area contributed by atoms with E-state index in [4.69, 9.17) is 9.15 Å². The SMILES string of the molecule is COc1nc(NC(=O)C(C)C)cnc1CC(C)C(=O)Nc1cc(-c2cnc(C)o2)ccn1. The van der Waals surface area contributed by atoms with Crippen LogP contribution >= 0.6 is 0 Å². The number of aromatic nitrogens is 4. The van der Waals surface area contributed by atoms with Gasteiger partial charge in [-0.2, -0.15) is 4.98 Å². The second kappa shape index (κ2) is 9.99. The van der Waals surface area contributed by atoms with Crippen LogP contribution < -0.4 is 15.4 Å². The number of pyridine rings is 1. The van der Waals surface area contributed by atoms with Crippen LogP contribution in [0.1, 0.15) is 32.4 Å². The van der Waals surface area contributed by atoms with Gasteiger partial charge in [0.05, 0.1) is 19.5 Å². The van der Waals surface area contributed by atoms with E-state index in [-0.39, 0.29) is 23.6 Å². The molecule has 0 saturated carbocycles. The van der Waals surface area contributed by atoms with E-state index in [2.05, 4.69) is 30.6 Å². The topological polar surface area (TPSA) is 132 Å². The number of carbonyl (C=O) groups excluding carboxylic acids is 2. The third-order valence-electron chi connectivity index (χ3n) is 4.64. The van der Waals surface area contributed by atoms with Gasteiger partial charge in [0.1, 0.15) is 11.5 Å². The monoisotopic (exact) mass is 438 g/mol. The van der Waals surface area contributed by atoms with E-state index in [9.17, 15) is 9.59 Å². The molecule has 0 radical (unpaired) electrons. The lowest BCUT2D eigenvalue weighted by molar-refractivity contribution is -0.119. The largest absolute Gasteiger partial charge is 0.480 e. The third-order valence-corrected chi connectivity index (χ3v) is 4.64. The molecule has 0 aromatic carbocycles. The van der Waals surface area contributed by atoms with E-state index in [1.807, 2.05) is 0 Å². The Labute approximate surface area is 185 Å². The number of methoxy groups -OCH3 is 1. The fourth-order valence-electron chi connectivity index (χ4n) is 2.81. The van der Waals surface area contributed by atoms with Gasteiger partial charge in [-0.1, -0.05) is 20.8 Å². The zero-order valence-electron chi connectivity index (χ0n) is 18.7. The van der Waals surface area contributed by atoms with Gasteiger partial charge in [-0.3, -0.25) is 14.6 Å². The summed E-state index contributed by atoms with van der Waals surface area (Å²) in [4.78, 5) is 41.5. The van der Waals surface area contributed by atoms with Crippen molar-refractivity contribution in [1.82, 2.24) is 19.9 Å². The maximum absolute atomic E-state index is 12.7. The molecule has 10 nitrogen and oxygen atoms in total. The number of amides is 2. The summed E-state index contributed by atoms with van der Waals surface area (Å²) in [6.45, 7) is 7.10. The number of nitrogens with zero attached hydrogens (tertiary/aromatic N) is 4. The lowest BCUT2D eigenvalue weighted by atomic mass is 10.0. The molecule has 3 heterocycles. The minimum atomic E-state index is -0.438. The van der Waals surface area contributed by atoms with Crippen molar-refractivity contribution >= 4 is 23.5 Å². The molecule has 3 aromatic heterocycles. The van der Waals surface area contributed by atoms with Crippen LogP contribution in [0.4, 0.5) is 11.6 Å². The molecule has 1 atom stereocenters. The van der Waals surface area contributed by atoms with Crippen LogP contribution in [0.15, 0.2) is 35.1 Å². The van der Waals surface area contributed by atoms with Crippen molar-refractivity contribution in [1.29, 1.82) is 0 Å². The summed E-state index contributed by atoms with van der Waals surface area (Å²) in [6.07, 6.45) is 4.96. The Balaban J connectivity index is 1.67. The van der Waals surface area contributed by atoms with Crippen LogP contribution in [0, 0.1) is 18.8 Å². The number of anilines is 2. The van der Waals surface area contributed by atoms with Crippen molar-refractivity contribution < 1.29 is 18.7 Å². The van der Waals surface area contributed by atoms with Crippen LogP contribution in [0.2, 0.25) is 0 Å². The molecule has 2 N–H and O–H groups in total. The Kier molecular flexibility index (Phi) is 7.14. The maximum atomic E-state index is 12.7. The van der Waals surface area contributed by atoms with Crippen LogP contribution in [-0.2, 0) is 16.0 Å². The molecule has 0 saturated heterocycles. The molecular formula is C22H26N6O4. The highest BCUT2D eigenvalue weighted by molar-refractivity contribution is 5.92. The molecular weight excluding hydrogens is 412 g/mol. The highest BCUT2D eigenvalue weighted by atomic mass is 16.5. The van der Waals surface area contributed by atoms with Crippen LogP contribution in [0.3, 0.4) is 0 Å². The highest BCUT2D eigenvalue weighted by Gasteiger charge is 2.20. The fraction of sp³-hybridized carbons (Fsp3) is 0.364. The van der Waals surface area contributed by atoms with Crippen LogP contribution in [0.5, 0.6) is 5.88 Å². The molecule has 0 fully saturated rings. The van der Waals surface area contributed by atoms with E-state index in [0.717, 1.165) is 5.56 Å². The van der Waals surface area contributed by atoms with Gasteiger partial charge in [-0.15, -0.1) is 0 Å². The van der Waals surface area contributed by atoms with Gasteiger partial charge in [-0.05, 0) is 12.1 Å². The minimum absolute atomic E-state index is 0.169. The number of aryl methyl sites for hydroxylation is 1. The standard InChI is InChI=1S/C22H26N6O4/c1-12(2)20(29)27-19-11-25-16(22(28-19)31-5)8-13(3)21(30)26-18-9-15(6-7-23-18)17-10-24-14(4)32-17/h6-7,9-13H,8H2,1-5H3,(H,23,26,30)(H,27,28,29). The van der Waals surface area contributed by atoms with Gasteiger partial charge in [0.25, 0.3) is 0 Å². The van der Waals surface area contributed by atoms with Gasteiger partial charge < -0.3 is 19.8 Å². The first kappa shape index (κ1) is 22.9. The van der Waals surface area contributed by atoms with E-state index >= 15 is 0 Å². The molecule has 10 heteroatoms. The molecule has 0 spiro atoms. The lowest BCUT2D eigenvalue weighted by Crippen LogP contribution is -2.23. The smallest absolute Gasteiger partial charge is 0.237 e. The number of rotatable bonds is 8. The summed E-state index contributed by atoms with van der Waals surface area (Å²) in [5.74, 6) is 1.08. The Hall–Kier alpha value is -3.82. The van der Waals surface area contributed by atoms with E-state index in [0.29, 0.717) is 35.4 Å². The van der Waals surface area contributed by atoms with Crippen LogP contribution in [0.25, 0.3) is 11.3 Å². The van der Waals surface area contributed by atoms with Gasteiger partial charge in [0, 0.05) is 36.9 Å². The molecule has 3 rings (SSSR count). The normalized spacial score (nSPS) is 11.8. The van der Waals surface area contributed by atoms with Gasteiger partial charge >= 0.3 is 0 Å².